The fourth-order valence-electron chi connectivity index (χ4n) is 3.38. The van der Waals surface area contributed by atoms with Crippen LogP contribution in [0.4, 0.5) is 4.39 Å². The fraction of sp³-hybridized carbons (Fsp3) is 0.600. The van der Waals surface area contributed by atoms with Crippen LogP contribution in [-0.4, -0.2) is 47.8 Å². The van der Waals surface area contributed by atoms with Gasteiger partial charge in [-0.2, -0.15) is 0 Å². The van der Waals surface area contributed by atoms with Crippen molar-refractivity contribution in [2.24, 2.45) is 5.92 Å². The van der Waals surface area contributed by atoms with Gasteiger partial charge in [-0.1, -0.05) is 32.0 Å². The summed E-state index contributed by atoms with van der Waals surface area (Å²) in [7, 11) is 0. The summed E-state index contributed by atoms with van der Waals surface area (Å²) in [6.07, 6.45) is 3.24. The molecule has 0 saturated carbocycles. The van der Waals surface area contributed by atoms with Gasteiger partial charge in [0.1, 0.15) is 5.82 Å². The molecule has 138 valence electrons. The van der Waals surface area contributed by atoms with Gasteiger partial charge < -0.3 is 9.80 Å². The zero-order valence-electron chi connectivity index (χ0n) is 15.3. The Morgan fingerprint density at radius 1 is 1.04 bits per heavy atom. The van der Waals surface area contributed by atoms with Crippen LogP contribution in [0.1, 0.15) is 45.1 Å². The van der Waals surface area contributed by atoms with E-state index in [1.807, 2.05) is 23.6 Å². The van der Waals surface area contributed by atoms with E-state index in [1.54, 1.807) is 18.2 Å². The van der Waals surface area contributed by atoms with E-state index in [4.69, 9.17) is 0 Å². The van der Waals surface area contributed by atoms with Crippen LogP contribution >= 0.6 is 0 Å². The molecule has 0 radical (unpaired) electrons. The molecule has 0 atom stereocenters. The Morgan fingerprint density at radius 2 is 1.68 bits per heavy atom. The standard InChI is InChI=1S/C20H29FN2O2/c1-3-16(4-2)20(25)23-13-7-12-22(14-15-23)19(24)11-10-17-8-5-6-9-18(17)21/h5-6,8-9,16H,3-4,7,10-15H2,1-2H3. The molecule has 2 rings (SSSR count). The minimum absolute atomic E-state index is 0.0417. The molecule has 1 heterocycles. The van der Waals surface area contributed by atoms with Crippen molar-refractivity contribution in [3.63, 3.8) is 0 Å². The van der Waals surface area contributed by atoms with E-state index in [9.17, 15) is 14.0 Å². The second kappa shape index (κ2) is 9.54. The van der Waals surface area contributed by atoms with Gasteiger partial charge in [0.25, 0.3) is 0 Å². The number of carbonyl (C=O) groups is 2. The zero-order valence-corrected chi connectivity index (χ0v) is 15.3. The van der Waals surface area contributed by atoms with Gasteiger partial charge in [-0.15, -0.1) is 0 Å². The molecule has 25 heavy (non-hydrogen) atoms. The summed E-state index contributed by atoms with van der Waals surface area (Å²) < 4.78 is 13.7. The Hall–Kier alpha value is -1.91. The second-order valence-corrected chi connectivity index (χ2v) is 6.66. The summed E-state index contributed by atoms with van der Waals surface area (Å²) >= 11 is 0. The fourth-order valence-corrected chi connectivity index (χ4v) is 3.38. The predicted molar refractivity (Wildman–Crippen MR) is 96.6 cm³/mol. The maximum atomic E-state index is 13.7. The van der Waals surface area contributed by atoms with Gasteiger partial charge in [0.15, 0.2) is 0 Å². The summed E-state index contributed by atoms with van der Waals surface area (Å²) in [6, 6.07) is 6.59. The van der Waals surface area contributed by atoms with Gasteiger partial charge >= 0.3 is 0 Å². The van der Waals surface area contributed by atoms with Gasteiger partial charge in [0.05, 0.1) is 0 Å². The van der Waals surface area contributed by atoms with Crippen LogP contribution in [0.2, 0.25) is 0 Å². The molecule has 0 N–H and O–H groups in total. The molecule has 1 fully saturated rings. The molecule has 1 saturated heterocycles. The van der Waals surface area contributed by atoms with Gasteiger partial charge in [0, 0.05) is 38.5 Å². The second-order valence-electron chi connectivity index (χ2n) is 6.66. The van der Waals surface area contributed by atoms with Crippen molar-refractivity contribution in [1.29, 1.82) is 0 Å². The van der Waals surface area contributed by atoms with Crippen molar-refractivity contribution < 1.29 is 14.0 Å². The molecule has 0 bridgehead atoms. The van der Waals surface area contributed by atoms with E-state index in [1.165, 1.54) is 6.07 Å². The molecule has 0 aromatic heterocycles. The Morgan fingerprint density at radius 3 is 2.36 bits per heavy atom. The number of hydrogen-bond acceptors (Lipinski definition) is 2. The first-order valence-electron chi connectivity index (χ1n) is 9.36. The molecule has 1 aromatic rings. The average Bonchev–Trinajstić information content (AvgIpc) is 2.88. The lowest BCUT2D eigenvalue weighted by molar-refractivity contribution is -0.136. The van der Waals surface area contributed by atoms with Crippen LogP contribution in [0.25, 0.3) is 0 Å². The van der Waals surface area contributed by atoms with Crippen molar-refractivity contribution in [1.82, 2.24) is 9.80 Å². The molecule has 2 amide bonds. The van der Waals surface area contributed by atoms with Crippen molar-refractivity contribution in [3.05, 3.63) is 35.6 Å². The van der Waals surface area contributed by atoms with Crippen molar-refractivity contribution in [2.75, 3.05) is 26.2 Å². The molecule has 4 nitrogen and oxygen atoms in total. The third-order valence-electron chi connectivity index (χ3n) is 5.06. The van der Waals surface area contributed by atoms with E-state index in [0.29, 0.717) is 44.6 Å². The number of nitrogens with zero attached hydrogens (tertiary/aromatic N) is 2. The van der Waals surface area contributed by atoms with Crippen LogP contribution in [0.5, 0.6) is 0 Å². The third-order valence-corrected chi connectivity index (χ3v) is 5.06. The van der Waals surface area contributed by atoms with E-state index < -0.39 is 0 Å². The largest absolute Gasteiger partial charge is 0.341 e. The summed E-state index contributed by atoms with van der Waals surface area (Å²) in [4.78, 5) is 28.7. The molecule has 0 spiro atoms. The highest BCUT2D eigenvalue weighted by Gasteiger charge is 2.25. The molecule has 5 heteroatoms. The number of benzene rings is 1. The SMILES string of the molecule is CCC(CC)C(=O)N1CCCN(C(=O)CCc2ccccc2F)CC1. The third kappa shape index (κ3) is 5.28. The lowest BCUT2D eigenvalue weighted by Gasteiger charge is -2.25. The molecule has 1 aliphatic heterocycles. The first kappa shape index (κ1) is 19.4. The van der Waals surface area contributed by atoms with Gasteiger partial charge in [-0.25, -0.2) is 4.39 Å². The topological polar surface area (TPSA) is 40.6 Å². The first-order valence-corrected chi connectivity index (χ1v) is 9.36. The Balaban J connectivity index is 1.86. The summed E-state index contributed by atoms with van der Waals surface area (Å²) in [5.41, 5.74) is 0.580. The maximum Gasteiger partial charge on any atom is 0.225 e. The molecular formula is C20H29FN2O2. The van der Waals surface area contributed by atoms with E-state index in [-0.39, 0.29) is 23.5 Å². The number of carbonyl (C=O) groups excluding carboxylic acids is 2. The van der Waals surface area contributed by atoms with E-state index >= 15 is 0 Å². The zero-order chi connectivity index (χ0) is 18.2. The van der Waals surface area contributed by atoms with Crippen LogP contribution < -0.4 is 0 Å². The first-order chi connectivity index (χ1) is 12.1. The van der Waals surface area contributed by atoms with Gasteiger partial charge in [-0.05, 0) is 37.3 Å². The normalized spacial score (nSPS) is 15.4. The summed E-state index contributed by atoms with van der Waals surface area (Å²) in [6.45, 7) is 6.64. The summed E-state index contributed by atoms with van der Waals surface area (Å²) in [5.74, 6) is 0.0853. The number of amides is 2. The van der Waals surface area contributed by atoms with Crippen LogP contribution in [0.3, 0.4) is 0 Å². The summed E-state index contributed by atoms with van der Waals surface area (Å²) in [5, 5.41) is 0. The molecule has 0 unspecified atom stereocenters. The average molecular weight is 348 g/mol. The number of rotatable bonds is 6. The molecule has 1 aromatic carbocycles. The Labute approximate surface area is 150 Å². The lowest BCUT2D eigenvalue weighted by Crippen LogP contribution is -2.39. The molecule has 1 aliphatic rings. The number of hydrogen-bond donors (Lipinski definition) is 0. The van der Waals surface area contributed by atoms with Crippen LogP contribution in [-0.2, 0) is 16.0 Å². The molecular weight excluding hydrogens is 319 g/mol. The highest BCUT2D eigenvalue weighted by atomic mass is 19.1. The monoisotopic (exact) mass is 348 g/mol. The van der Waals surface area contributed by atoms with Crippen molar-refractivity contribution in [3.8, 4) is 0 Å². The maximum absolute atomic E-state index is 13.7. The van der Waals surface area contributed by atoms with Crippen molar-refractivity contribution >= 4 is 11.8 Å². The number of halogens is 1. The Kier molecular flexibility index (Phi) is 7.41. The minimum atomic E-state index is -0.256. The number of aryl methyl sites for hydroxylation is 1. The Bertz CT molecular complexity index is 587. The van der Waals surface area contributed by atoms with Gasteiger partial charge in [-0.3, -0.25) is 9.59 Å². The van der Waals surface area contributed by atoms with Crippen LogP contribution in [0.15, 0.2) is 24.3 Å². The van der Waals surface area contributed by atoms with E-state index in [0.717, 1.165) is 19.3 Å². The molecule has 0 aliphatic carbocycles. The minimum Gasteiger partial charge on any atom is -0.341 e. The van der Waals surface area contributed by atoms with Crippen LogP contribution in [0, 0.1) is 11.7 Å². The smallest absolute Gasteiger partial charge is 0.225 e. The van der Waals surface area contributed by atoms with E-state index in [2.05, 4.69) is 0 Å². The highest BCUT2D eigenvalue weighted by molar-refractivity contribution is 5.79. The lowest BCUT2D eigenvalue weighted by atomic mass is 10.0. The quantitative estimate of drug-likeness (QED) is 0.792. The predicted octanol–water partition coefficient (Wildman–Crippen LogP) is 3.26. The highest BCUT2D eigenvalue weighted by Crippen LogP contribution is 2.15. The van der Waals surface area contributed by atoms with Crippen molar-refractivity contribution in [2.45, 2.75) is 46.0 Å². The van der Waals surface area contributed by atoms with Gasteiger partial charge in [0.2, 0.25) is 11.8 Å².